The number of aromatic nitrogens is 2. The minimum atomic E-state index is -1.10. The topological polar surface area (TPSA) is 72.3 Å². The average molecular weight is 272 g/mol. The van der Waals surface area contributed by atoms with Gasteiger partial charge in [-0.15, -0.1) is 0 Å². The molecule has 0 aliphatic heterocycles. The molecule has 0 amide bonds. The Morgan fingerprint density at radius 2 is 1.75 bits per heavy atom. The molecule has 2 aromatic rings. The van der Waals surface area contributed by atoms with Gasteiger partial charge in [0.2, 0.25) is 0 Å². The van der Waals surface area contributed by atoms with E-state index in [1.807, 2.05) is 32.9 Å². The van der Waals surface area contributed by atoms with Gasteiger partial charge in [0.05, 0.1) is 0 Å². The second-order valence-electron chi connectivity index (χ2n) is 4.74. The highest BCUT2D eigenvalue weighted by Gasteiger charge is 2.13. The van der Waals surface area contributed by atoms with E-state index in [1.54, 1.807) is 6.92 Å². The van der Waals surface area contributed by atoms with E-state index in [0.717, 1.165) is 16.7 Å². The highest BCUT2D eigenvalue weighted by atomic mass is 16.5. The van der Waals surface area contributed by atoms with Crippen molar-refractivity contribution in [1.82, 2.24) is 9.97 Å². The largest absolute Gasteiger partial charge is 0.477 e. The Labute approximate surface area is 117 Å². The number of hydrogen-bond acceptors (Lipinski definition) is 4. The van der Waals surface area contributed by atoms with Gasteiger partial charge in [0.1, 0.15) is 5.75 Å². The van der Waals surface area contributed by atoms with Crippen LogP contribution in [-0.4, -0.2) is 21.0 Å². The number of ether oxygens (including phenoxy) is 1. The van der Waals surface area contributed by atoms with E-state index in [2.05, 4.69) is 9.97 Å². The molecule has 5 nitrogen and oxygen atoms in total. The molecule has 0 aliphatic rings. The van der Waals surface area contributed by atoms with Gasteiger partial charge in [0, 0.05) is 5.69 Å². The standard InChI is InChI=1S/C15H16N2O3/c1-8-5-6-9(2)13(11(8)4)20-15-16-10(3)7-12(17-15)14(18)19/h5-7H,1-4H3,(H,18,19). The van der Waals surface area contributed by atoms with Crippen molar-refractivity contribution in [3.05, 3.63) is 46.3 Å². The number of carboxylic acid groups (broad SMARTS) is 1. The van der Waals surface area contributed by atoms with E-state index in [0.29, 0.717) is 11.4 Å². The summed E-state index contributed by atoms with van der Waals surface area (Å²) in [5, 5.41) is 9.01. The minimum absolute atomic E-state index is 0.0548. The lowest BCUT2D eigenvalue weighted by molar-refractivity contribution is 0.0689. The van der Waals surface area contributed by atoms with Crippen LogP contribution in [0.3, 0.4) is 0 Å². The molecular weight excluding hydrogens is 256 g/mol. The molecule has 0 atom stereocenters. The zero-order valence-corrected chi connectivity index (χ0v) is 11.9. The molecule has 0 fully saturated rings. The Bertz CT molecular complexity index is 681. The third-order valence-electron chi connectivity index (χ3n) is 3.12. The summed E-state index contributed by atoms with van der Waals surface area (Å²) in [6, 6.07) is 5.42. The van der Waals surface area contributed by atoms with Gasteiger partial charge in [-0.25, -0.2) is 9.78 Å². The zero-order chi connectivity index (χ0) is 14.9. The molecule has 1 aromatic heterocycles. The van der Waals surface area contributed by atoms with E-state index in [4.69, 9.17) is 9.84 Å². The Kier molecular flexibility index (Phi) is 3.70. The molecule has 2 rings (SSSR count). The van der Waals surface area contributed by atoms with Crippen molar-refractivity contribution in [2.24, 2.45) is 0 Å². The van der Waals surface area contributed by atoms with E-state index >= 15 is 0 Å². The second-order valence-corrected chi connectivity index (χ2v) is 4.74. The van der Waals surface area contributed by atoms with Crippen LogP contribution in [0.15, 0.2) is 18.2 Å². The summed E-state index contributed by atoms with van der Waals surface area (Å²) in [7, 11) is 0. The summed E-state index contributed by atoms with van der Waals surface area (Å²) in [6.07, 6.45) is 0. The van der Waals surface area contributed by atoms with Crippen LogP contribution in [0.4, 0.5) is 0 Å². The number of hydrogen-bond donors (Lipinski definition) is 1. The number of carboxylic acids is 1. The van der Waals surface area contributed by atoms with Gasteiger partial charge >= 0.3 is 12.0 Å². The number of rotatable bonds is 3. The highest BCUT2D eigenvalue weighted by Crippen LogP contribution is 2.29. The lowest BCUT2D eigenvalue weighted by Crippen LogP contribution is -2.05. The van der Waals surface area contributed by atoms with Crippen molar-refractivity contribution in [2.75, 3.05) is 0 Å². The first-order chi connectivity index (χ1) is 9.38. The van der Waals surface area contributed by atoms with Crippen LogP contribution in [0, 0.1) is 27.7 Å². The molecule has 1 heterocycles. The van der Waals surface area contributed by atoms with E-state index < -0.39 is 5.97 Å². The maximum absolute atomic E-state index is 11.0. The van der Waals surface area contributed by atoms with Crippen LogP contribution in [-0.2, 0) is 0 Å². The molecule has 0 bridgehead atoms. The van der Waals surface area contributed by atoms with Crippen molar-refractivity contribution in [1.29, 1.82) is 0 Å². The fourth-order valence-corrected chi connectivity index (χ4v) is 1.87. The minimum Gasteiger partial charge on any atom is -0.477 e. The smallest absolute Gasteiger partial charge is 0.354 e. The fraction of sp³-hybridized carbons (Fsp3) is 0.267. The summed E-state index contributed by atoms with van der Waals surface area (Å²) >= 11 is 0. The third kappa shape index (κ3) is 2.77. The van der Waals surface area contributed by atoms with Crippen molar-refractivity contribution < 1.29 is 14.6 Å². The van der Waals surface area contributed by atoms with Gasteiger partial charge in [0.25, 0.3) is 0 Å². The van der Waals surface area contributed by atoms with Gasteiger partial charge in [-0.3, -0.25) is 0 Å². The van der Waals surface area contributed by atoms with Crippen LogP contribution in [0.5, 0.6) is 11.8 Å². The number of carbonyl (C=O) groups is 1. The molecule has 0 unspecified atom stereocenters. The van der Waals surface area contributed by atoms with Crippen molar-refractivity contribution >= 4 is 5.97 Å². The molecule has 0 spiro atoms. The quantitative estimate of drug-likeness (QED) is 0.928. The third-order valence-corrected chi connectivity index (χ3v) is 3.12. The van der Waals surface area contributed by atoms with E-state index in [9.17, 15) is 4.79 Å². The first-order valence-electron chi connectivity index (χ1n) is 6.22. The number of aryl methyl sites for hydroxylation is 3. The van der Waals surface area contributed by atoms with Crippen LogP contribution >= 0.6 is 0 Å². The van der Waals surface area contributed by atoms with Crippen LogP contribution in [0.25, 0.3) is 0 Å². The Balaban J connectivity index is 2.45. The summed E-state index contributed by atoms with van der Waals surface area (Å²) < 4.78 is 5.71. The van der Waals surface area contributed by atoms with Crippen molar-refractivity contribution in [3.8, 4) is 11.8 Å². The van der Waals surface area contributed by atoms with E-state index in [1.165, 1.54) is 6.07 Å². The van der Waals surface area contributed by atoms with Crippen LogP contribution < -0.4 is 4.74 Å². The Morgan fingerprint density at radius 1 is 1.10 bits per heavy atom. The van der Waals surface area contributed by atoms with Gasteiger partial charge < -0.3 is 9.84 Å². The molecule has 0 radical (unpaired) electrons. The number of nitrogens with zero attached hydrogens (tertiary/aromatic N) is 2. The van der Waals surface area contributed by atoms with Gasteiger partial charge in [-0.05, 0) is 50.5 Å². The summed E-state index contributed by atoms with van der Waals surface area (Å²) in [4.78, 5) is 19.0. The molecule has 1 N–H and O–H groups in total. The summed E-state index contributed by atoms with van der Waals surface area (Å²) in [6.45, 7) is 7.57. The van der Waals surface area contributed by atoms with Crippen LogP contribution in [0.1, 0.15) is 32.9 Å². The molecule has 0 saturated carbocycles. The van der Waals surface area contributed by atoms with Gasteiger partial charge in [-0.1, -0.05) is 12.1 Å². The fourth-order valence-electron chi connectivity index (χ4n) is 1.87. The van der Waals surface area contributed by atoms with Crippen LogP contribution in [0.2, 0.25) is 0 Å². The summed E-state index contributed by atoms with van der Waals surface area (Å²) in [5.41, 5.74) is 3.52. The molecule has 104 valence electrons. The number of benzene rings is 1. The lowest BCUT2D eigenvalue weighted by Gasteiger charge is -2.12. The average Bonchev–Trinajstić information content (AvgIpc) is 2.38. The first kappa shape index (κ1) is 14.0. The highest BCUT2D eigenvalue weighted by molar-refractivity contribution is 5.85. The molecule has 20 heavy (non-hydrogen) atoms. The predicted octanol–water partition coefficient (Wildman–Crippen LogP) is 3.20. The molecule has 5 heteroatoms. The Morgan fingerprint density at radius 3 is 2.40 bits per heavy atom. The van der Waals surface area contributed by atoms with Crippen molar-refractivity contribution in [2.45, 2.75) is 27.7 Å². The second kappa shape index (κ2) is 5.28. The molecule has 0 aliphatic carbocycles. The monoisotopic (exact) mass is 272 g/mol. The SMILES string of the molecule is Cc1cc(C(=O)O)nc(Oc2c(C)ccc(C)c2C)n1. The molecule has 1 aromatic carbocycles. The zero-order valence-electron chi connectivity index (χ0n) is 11.9. The number of aromatic carboxylic acids is 1. The summed E-state index contributed by atoms with van der Waals surface area (Å²) in [5.74, 6) is -0.426. The maximum atomic E-state index is 11.0. The van der Waals surface area contributed by atoms with Gasteiger partial charge in [0.15, 0.2) is 5.69 Å². The Hall–Kier alpha value is -2.43. The maximum Gasteiger partial charge on any atom is 0.354 e. The predicted molar refractivity (Wildman–Crippen MR) is 74.5 cm³/mol. The lowest BCUT2D eigenvalue weighted by atomic mass is 10.1. The van der Waals surface area contributed by atoms with E-state index in [-0.39, 0.29) is 11.7 Å². The molecule has 0 saturated heterocycles. The normalized spacial score (nSPS) is 10.4. The first-order valence-corrected chi connectivity index (χ1v) is 6.22. The van der Waals surface area contributed by atoms with Gasteiger partial charge in [-0.2, -0.15) is 4.98 Å². The molecular formula is C15H16N2O3. The van der Waals surface area contributed by atoms with Crippen molar-refractivity contribution in [3.63, 3.8) is 0 Å².